The van der Waals surface area contributed by atoms with Gasteiger partial charge in [-0.25, -0.2) is 4.39 Å². The maximum atomic E-state index is 13.6. The van der Waals surface area contributed by atoms with Crippen LogP contribution in [0, 0.1) is 17.2 Å². The molecule has 0 bridgehead atoms. The van der Waals surface area contributed by atoms with Crippen molar-refractivity contribution in [3.8, 4) is 0 Å². The molecule has 2 fully saturated rings. The summed E-state index contributed by atoms with van der Waals surface area (Å²) in [5, 5.41) is 2.86. The molecule has 4 atom stereocenters. The smallest absolute Gasteiger partial charge is 0.352 e. The first-order valence-corrected chi connectivity index (χ1v) is 13.2. The van der Waals surface area contributed by atoms with Crippen LogP contribution < -0.4 is 5.32 Å². The Hall–Kier alpha value is -2.67. The predicted octanol–water partition coefficient (Wildman–Crippen LogP) is 6.72. The van der Waals surface area contributed by atoms with Gasteiger partial charge >= 0.3 is 6.18 Å². The number of piperidine rings is 1. The third kappa shape index (κ3) is 4.60. The van der Waals surface area contributed by atoms with Crippen LogP contribution >= 0.6 is 0 Å². The molecule has 2 aromatic carbocycles. The predicted molar refractivity (Wildman–Crippen MR) is 136 cm³/mol. The summed E-state index contributed by atoms with van der Waals surface area (Å²) in [5.74, 6) is -0.974. The second-order valence-corrected chi connectivity index (χ2v) is 11.1. The van der Waals surface area contributed by atoms with Crippen LogP contribution in [0.1, 0.15) is 68.2 Å². The molecule has 2 unspecified atom stereocenters. The quantitative estimate of drug-likeness (QED) is 0.450. The molecule has 1 saturated carbocycles. The molecule has 3 aliphatic rings. The van der Waals surface area contributed by atoms with Gasteiger partial charge in [0, 0.05) is 24.5 Å². The minimum atomic E-state index is -4.77. The first-order valence-electron chi connectivity index (χ1n) is 13.2. The molecule has 7 heteroatoms. The Morgan fingerprint density at radius 1 is 1.16 bits per heavy atom. The molecule has 1 amide bonds. The van der Waals surface area contributed by atoms with E-state index in [0.29, 0.717) is 18.4 Å². The second-order valence-electron chi connectivity index (χ2n) is 11.1. The number of hydrogen-bond donors (Lipinski definition) is 1. The minimum absolute atomic E-state index is 0.0520. The molecule has 3 nitrogen and oxygen atoms in total. The lowest BCUT2D eigenvalue weighted by atomic mass is 9.67. The number of likely N-dealkylation sites (tertiary alicyclic amines) is 1. The number of allylic oxidation sites excluding steroid dienone is 1. The molecule has 2 aliphatic carbocycles. The van der Waals surface area contributed by atoms with Gasteiger partial charge in [0.2, 0.25) is 5.91 Å². The molecule has 37 heavy (non-hydrogen) atoms. The van der Waals surface area contributed by atoms with Crippen molar-refractivity contribution in [2.75, 3.05) is 13.1 Å². The van der Waals surface area contributed by atoms with Crippen molar-refractivity contribution in [3.63, 3.8) is 0 Å². The summed E-state index contributed by atoms with van der Waals surface area (Å²) < 4.78 is 52.8. The topological polar surface area (TPSA) is 32.3 Å². The van der Waals surface area contributed by atoms with Gasteiger partial charge in [0.1, 0.15) is 5.82 Å². The molecular weight excluding hydrogens is 480 g/mol. The molecule has 1 spiro atoms. The van der Waals surface area contributed by atoms with E-state index in [0.717, 1.165) is 50.9 Å². The van der Waals surface area contributed by atoms with Crippen molar-refractivity contribution >= 4 is 12.0 Å². The van der Waals surface area contributed by atoms with Crippen molar-refractivity contribution in [1.29, 1.82) is 0 Å². The number of alkyl halides is 3. The van der Waals surface area contributed by atoms with Gasteiger partial charge in [0.05, 0.1) is 11.0 Å². The monoisotopic (exact) mass is 514 g/mol. The van der Waals surface area contributed by atoms with Gasteiger partial charge in [-0.2, -0.15) is 13.2 Å². The summed E-state index contributed by atoms with van der Waals surface area (Å²) in [4.78, 5) is 15.9. The Morgan fingerprint density at radius 2 is 1.95 bits per heavy atom. The SMILES string of the molecule is CCC1(C(=O)NCc2ccc(F)c(C(F)(F)F)c2)CCC(N2CC[C@@]3(C=Cc4ccccc43)[C@@H](C)C2)C1. The van der Waals surface area contributed by atoms with E-state index >= 15 is 0 Å². The fourth-order valence-electron chi connectivity index (χ4n) is 6.92. The Labute approximate surface area is 215 Å². The first-order chi connectivity index (χ1) is 17.6. The lowest BCUT2D eigenvalue weighted by Crippen LogP contribution is -2.51. The molecule has 5 rings (SSSR count). The highest BCUT2D eigenvalue weighted by Crippen LogP contribution is 2.49. The third-order valence-corrected chi connectivity index (χ3v) is 9.27. The number of carbonyl (C=O) groups excluding carboxylic acids is 1. The van der Waals surface area contributed by atoms with Crippen LogP contribution in [0.15, 0.2) is 48.5 Å². The highest BCUT2D eigenvalue weighted by atomic mass is 19.4. The van der Waals surface area contributed by atoms with Gasteiger partial charge in [0.25, 0.3) is 0 Å². The maximum Gasteiger partial charge on any atom is 0.419 e. The van der Waals surface area contributed by atoms with Crippen LogP contribution in [0.25, 0.3) is 6.08 Å². The average Bonchev–Trinajstić information content (AvgIpc) is 3.48. The molecule has 2 aromatic rings. The molecular formula is C30H34F4N2O. The van der Waals surface area contributed by atoms with Crippen LogP contribution in [0.3, 0.4) is 0 Å². The molecule has 0 aromatic heterocycles. The van der Waals surface area contributed by atoms with Crippen molar-refractivity contribution in [2.24, 2.45) is 11.3 Å². The Kier molecular flexibility index (Phi) is 6.71. The highest BCUT2D eigenvalue weighted by Gasteiger charge is 2.49. The average molecular weight is 515 g/mol. The Balaban J connectivity index is 1.23. The molecule has 0 radical (unpaired) electrons. The minimum Gasteiger partial charge on any atom is -0.352 e. The van der Waals surface area contributed by atoms with Crippen LogP contribution in [0.2, 0.25) is 0 Å². The summed E-state index contributed by atoms with van der Waals surface area (Å²) in [6, 6.07) is 11.8. The summed E-state index contributed by atoms with van der Waals surface area (Å²) in [7, 11) is 0. The van der Waals surface area contributed by atoms with E-state index in [1.807, 2.05) is 6.92 Å². The van der Waals surface area contributed by atoms with E-state index < -0.39 is 23.0 Å². The number of hydrogen-bond acceptors (Lipinski definition) is 2. The zero-order chi connectivity index (χ0) is 26.4. The molecule has 1 heterocycles. The molecule has 198 valence electrons. The fraction of sp³-hybridized carbons (Fsp3) is 0.500. The number of halogens is 4. The third-order valence-electron chi connectivity index (χ3n) is 9.27. The normalized spacial score (nSPS) is 29.6. The van der Waals surface area contributed by atoms with Crippen LogP contribution in [0.5, 0.6) is 0 Å². The summed E-state index contributed by atoms with van der Waals surface area (Å²) >= 11 is 0. The van der Waals surface area contributed by atoms with Gasteiger partial charge in [-0.3, -0.25) is 9.69 Å². The molecule has 1 aliphatic heterocycles. The van der Waals surface area contributed by atoms with E-state index in [1.165, 1.54) is 17.2 Å². The molecule has 1 saturated heterocycles. The lowest BCUT2D eigenvalue weighted by molar-refractivity contribution is -0.140. The van der Waals surface area contributed by atoms with Crippen molar-refractivity contribution < 1.29 is 22.4 Å². The standard InChI is InChI=1S/C30H34F4N2O/c1-3-28(27(37)35-18-21-8-9-26(31)25(16-21)30(32,33)34)12-11-23(17-28)36-15-14-29(20(2)19-36)13-10-22-6-4-5-7-24(22)29/h4-10,13,16,20,23H,3,11-12,14-15,17-19H2,1-2H3,(H,35,37)/t20-,23?,28?,29-/m0/s1. The van der Waals surface area contributed by atoms with Gasteiger partial charge in [-0.1, -0.05) is 56.3 Å². The van der Waals surface area contributed by atoms with E-state index in [9.17, 15) is 22.4 Å². The maximum absolute atomic E-state index is 13.6. The number of benzene rings is 2. The summed E-state index contributed by atoms with van der Waals surface area (Å²) in [6.07, 6.45) is 4.04. The van der Waals surface area contributed by atoms with E-state index in [2.05, 4.69) is 53.6 Å². The zero-order valence-corrected chi connectivity index (χ0v) is 21.4. The van der Waals surface area contributed by atoms with Crippen molar-refractivity contribution in [1.82, 2.24) is 10.2 Å². The van der Waals surface area contributed by atoms with E-state index in [-0.39, 0.29) is 23.4 Å². The number of amides is 1. The van der Waals surface area contributed by atoms with Crippen molar-refractivity contribution in [2.45, 2.75) is 70.1 Å². The number of nitrogens with one attached hydrogen (secondary N) is 1. The molecule has 1 N–H and O–H groups in total. The van der Waals surface area contributed by atoms with Gasteiger partial charge in [0.15, 0.2) is 0 Å². The van der Waals surface area contributed by atoms with E-state index in [4.69, 9.17) is 0 Å². The van der Waals surface area contributed by atoms with Gasteiger partial charge < -0.3 is 5.32 Å². The van der Waals surface area contributed by atoms with Crippen molar-refractivity contribution in [3.05, 3.63) is 76.6 Å². The fourth-order valence-corrected chi connectivity index (χ4v) is 6.92. The van der Waals surface area contributed by atoms with Crippen LogP contribution in [0.4, 0.5) is 17.6 Å². The first kappa shape index (κ1) is 26.0. The summed E-state index contributed by atoms with van der Waals surface area (Å²) in [5.41, 5.74) is 1.22. The Bertz CT molecular complexity index is 1210. The van der Waals surface area contributed by atoms with Crippen LogP contribution in [-0.2, 0) is 22.9 Å². The number of nitrogens with zero attached hydrogens (tertiary/aromatic N) is 1. The highest BCUT2D eigenvalue weighted by molar-refractivity contribution is 5.83. The number of carbonyl (C=O) groups is 1. The lowest BCUT2D eigenvalue weighted by Gasteiger charge is -2.46. The summed E-state index contributed by atoms with van der Waals surface area (Å²) in [6.45, 7) is 6.23. The Morgan fingerprint density at radius 3 is 2.68 bits per heavy atom. The second kappa shape index (κ2) is 9.57. The number of fused-ring (bicyclic) bond motifs is 2. The van der Waals surface area contributed by atoms with E-state index in [1.54, 1.807) is 0 Å². The van der Waals surface area contributed by atoms with Gasteiger partial charge in [-0.15, -0.1) is 0 Å². The largest absolute Gasteiger partial charge is 0.419 e. The zero-order valence-electron chi connectivity index (χ0n) is 21.4. The van der Waals surface area contributed by atoms with Crippen LogP contribution in [-0.4, -0.2) is 29.9 Å². The van der Waals surface area contributed by atoms with Gasteiger partial charge in [-0.05, 0) is 73.4 Å². The number of rotatable bonds is 5.